The van der Waals surface area contributed by atoms with E-state index in [1.807, 2.05) is 19.9 Å². The molecule has 2 unspecified atom stereocenters. The molecule has 3 N–H and O–H groups in total. The number of hydrogen-bond acceptors (Lipinski definition) is 4. The van der Waals surface area contributed by atoms with Crippen LogP contribution < -0.4 is 11.1 Å². The fourth-order valence-electron chi connectivity index (χ4n) is 1.81. The molecule has 0 aromatic rings. The number of nitrogens with one attached hydrogen (secondary N) is 1. The molecule has 0 saturated carbocycles. The van der Waals surface area contributed by atoms with E-state index in [2.05, 4.69) is 10.1 Å². The summed E-state index contributed by atoms with van der Waals surface area (Å²) in [6, 6.07) is -0.667. The monoisotopic (exact) mass is 240 g/mol. The van der Waals surface area contributed by atoms with Gasteiger partial charge in [0.2, 0.25) is 5.91 Å². The van der Waals surface area contributed by atoms with Crippen molar-refractivity contribution in [3.8, 4) is 0 Å². The second-order valence-corrected chi connectivity index (χ2v) is 4.64. The van der Waals surface area contributed by atoms with Crippen LogP contribution in [0.3, 0.4) is 0 Å². The van der Waals surface area contributed by atoms with E-state index in [1.165, 1.54) is 7.11 Å². The molecule has 5 heteroatoms. The first kappa shape index (κ1) is 13.7. The summed E-state index contributed by atoms with van der Waals surface area (Å²) in [5.74, 6) is -0.834. The van der Waals surface area contributed by atoms with Crippen LogP contribution >= 0.6 is 0 Å². The van der Waals surface area contributed by atoms with Crippen LogP contribution in [-0.2, 0) is 14.3 Å². The minimum absolute atomic E-state index is 0.00884. The zero-order valence-electron chi connectivity index (χ0n) is 10.5. The number of rotatable bonds is 4. The molecule has 0 radical (unpaired) electrons. The molecule has 3 atom stereocenters. The normalized spacial score (nSPS) is 24.8. The van der Waals surface area contributed by atoms with E-state index in [-0.39, 0.29) is 23.8 Å². The van der Waals surface area contributed by atoms with Gasteiger partial charge in [-0.1, -0.05) is 26.0 Å². The highest BCUT2D eigenvalue weighted by Gasteiger charge is 2.29. The van der Waals surface area contributed by atoms with E-state index in [9.17, 15) is 9.59 Å². The second kappa shape index (κ2) is 5.82. The van der Waals surface area contributed by atoms with Gasteiger partial charge >= 0.3 is 5.97 Å². The molecule has 0 spiro atoms. The fraction of sp³-hybridized carbons (Fsp3) is 0.667. The molecule has 1 amide bonds. The Morgan fingerprint density at radius 2 is 2.06 bits per heavy atom. The summed E-state index contributed by atoms with van der Waals surface area (Å²) in [4.78, 5) is 23.4. The van der Waals surface area contributed by atoms with E-state index < -0.39 is 12.0 Å². The highest BCUT2D eigenvalue weighted by atomic mass is 16.5. The SMILES string of the molecule is COC(=O)[C@@H](NC(=O)C1C=CC(N)C1)C(C)C. The number of carbonyl (C=O) groups excluding carboxylic acids is 2. The third kappa shape index (κ3) is 3.56. The lowest BCUT2D eigenvalue weighted by molar-refractivity contribution is -0.146. The van der Waals surface area contributed by atoms with Crippen LogP contribution in [-0.4, -0.2) is 31.1 Å². The van der Waals surface area contributed by atoms with Crippen LogP contribution in [0.15, 0.2) is 12.2 Å². The molecular formula is C12H20N2O3. The first-order valence-electron chi connectivity index (χ1n) is 5.77. The van der Waals surface area contributed by atoms with Gasteiger partial charge in [0.25, 0.3) is 0 Å². The standard InChI is InChI=1S/C12H20N2O3/c1-7(2)10(12(16)17-3)14-11(15)8-4-5-9(13)6-8/h4-5,7-10H,6,13H2,1-3H3,(H,14,15)/t8?,9?,10-/m0/s1. The van der Waals surface area contributed by atoms with Gasteiger partial charge in [-0.15, -0.1) is 0 Å². The van der Waals surface area contributed by atoms with E-state index in [4.69, 9.17) is 5.73 Å². The average Bonchev–Trinajstić information content (AvgIpc) is 2.71. The molecule has 0 bridgehead atoms. The van der Waals surface area contributed by atoms with Crippen LogP contribution in [0.5, 0.6) is 0 Å². The molecule has 0 aromatic carbocycles. The lowest BCUT2D eigenvalue weighted by Gasteiger charge is -2.21. The first-order chi connectivity index (χ1) is 7.95. The van der Waals surface area contributed by atoms with Crippen molar-refractivity contribution in [2.45, 2.75) is 32.4 Å². The molecule has 1 rings (SSSR count). The third-order valence-electron chi connectivity index (χ3n) is 2.87. The van der Waals surface area contributed by atoms with Crippen LogP contribution in [0.2, 0.25) is 0 Å². The number of carbonyl (C=O) groups is 2. The Morgan fingerprint density at radius 1 is 1.41 bits per heavy atom. The van der Waals surface area contributed by atoms with Crippen molar-refractivity contribution in [3.05, 3.63) is 12.2 Å². The van der Waals surface area contributed by atoms with Crippen molar-refractivity contribution in [2.24, 2.45) is 17.6 Å². The highest BCUT2D eigenvalue weighted by molar-refractivity contribution is 5.87. The number of hydrogen-bond donors (Lipinski definition) is 2. The van der Waals surface area contributed by atoms with E-state index in [0.717, 1.165) is 0 Å². The third-order valence-corrected chi connectivity index (χ3v) is 2.87. The molecule has 1 aliphatic rings. The molecule has 0 aliphatic heterocycles. The van der Waals surface area contributed by atoms with Gasteiger partial charge < -0.3 is 15.8 Å². The van der Waals surface area contributed by atoms with E-state index in [0.29, 0.717) is 6.42 Å². The Kier molecular flexibility index (Phi) is 4.69. The summed E-state index contributed by atoms with van der Waals surface area (Å²) in [5, 5.41) is 2.71. The Bertz CT molecular complexity index is 326. The predicted octanol–water partition coefficient (Wildman–Crippen LogP) is 0.204. The Labute approximate surface area is 101 Å². The van der Waals surface area contributed by atoms with Crippen molar-refractivity contribution in [3.63, 3.8) is 0 Å². The van der Waals surface area contributed by atoms with Crippen LogP contribution in [0.4, 0.5) is 0 Å². The van der Waals surface area contributed by atoms with Crippen molar-refractivity contribution in [1.82, 2.24) is 5.32 Å². The molecule has 1 aliphatic carbocycles. The number of nitrogens with two attached hydrogens (primary N) is 1. The van der Waals surface area contributed by atoms with Gasteiger partial charge in [0.15, 0.2) is 0 Å². The zero-order chi connectivity index (χ0) is 13.0. The first-order valence-corrected chi connectivity index (χ1v) is 5.77. The maximum atomic E-state index is 11.9. The Hall–Kier alpha value is -1.36. The fourth-order valence-corrected chi connectivity index (χ4v) is 1.81. The van der Waals surface area contributed by atoms with Gasteiger partial charge in [0.05, 0.1) is 13.0 Å². The van der Waals surface area contributed by atoms with E-state index >= 15 is 0 Å². The maximum Gasteiger partial charge on any atom is 0.328 e. The molecule has 0 heterocycles. The summed E-state index contributed by atoms with van der Waals surface area (Å²) in [6.07, 6.45) is 4.19. The summed E-state index contributed by atoms with van der Waals surface area (Å²) >= 11 is 0. The van der Waals surface area contributed by atoms with Crippen LogP contribution in [0.25, 0.3) is 0 Å². The summed E-state index contributed by atoms with van der Waals surface area (Å²) in [5.41, 5.74) is 5.68. The molecule has 0 aromatic heterocycles. The maximum absolute atomic E-state index is 11.9. The van der Waals surface area contributed by atoms with Gasteiger partial charge in [-0.25, -0.2) is 4.79 Å². The molecule has 17 heavy (non-hydrogen) atoms. The smallest absolute Gasteiger partial charge is 0.328 e. The van der Waals surface area contributed by atoms with Crippen LogP contribution in [0, 0.1) is 11.8 Å². The zero-order valence-corrected chi connectivity index (χ0v) is 10.5. The lowest BCUT2D eigenvalue weighted by atomic mass is 10.0. The molecule has 0 fully saturated rings. The number of amides is 1. The van der Waals surface area contributed by atoms with Crippen LogP contribution in [0.1, 0.15) is 20.3 Å². The summed E-state index contributed by atoms with van der Waals surface area (Å²) < 4.78 is 4.66. The molecular weight excluding hydrogens is 220 g/mol. The van der Waals surface area contributed by atoms with Gasteiger partial charge in [-0.3, -0.25) is 4.79 Å². The number of esters is 1. The lowest BCUT2D eigenvalue weighted by Crippen LogP contribution is -2.47. The topological polar surface area (TPSA) is 81.4 Å². The highest BCUT2D eigenvalue weighted by Crippen LogP contribution is 2.17. The molecule has 5 nitrogen and oxygen atoms in total. The van der Waals surface area contributed by atoms with Gasteiger partial charge in [-0.05, 0) is 12.3 Å². The van der Waals surface area contributed by atoms with Gasteiger partial charge in [0, 0.05) is 6.04 Å². The van der Waals surface area contributed by atoms with E-state index in [1.54, 1.807) is 6.08 Å². The summed E-state index contributed by atoms with van der Waals surface area (Å²) in [7, 11) is 1.31. The average molecular weight is 240 g/mol. The second-order valence-electron chi connectivity index (χ2n) is 4.64. The molecule has 0 saturated heterocycles. The van der Waals surface area contributed by atoms with Crippen molar-refractivity contribution < 1.29 is 14.3 Å². The minimum atomic E-state index is -0.599. The number of ether oxygens (including phenoxy) is 1. The Balaban J connectivity index is 2.59. The number of methoxy groups -OCH3 is 1. The van der Waals surface area contributed by atoms with Crippen molar-refractivity contribution in [1.29, 1.82) is 0 Å². The van der Waals surface area contributed by atoms with Crippen molar-refractivity contribution in [2.75, 3.05) is 7.11 Å². The summed E-state index contributed by atoms with van der Waals surface area (Å²) in [6.45, 7) is 3.72. The van der Waals surface area contributed by atoms with Gasteiger partial charge in [0.1, 0.15) is 6.04 Å². The Morgan fingerprint density at radius 3 is 2.47 bits per heavy atom. The molecule has 96 valence electrons. The van der Waals surface area contributed by atoms with Gasteiger partial charge in [-0.2, -0.15) is 0 Å². The largest absolute Gasteiger partial charge is 0.467 e. The predicted molar refractivity (Wildman–Crippen MR) is 64.0 cm³/mol. The quantitative estimate of drug-likeness (QED) is 0.543. The minimum Gasteiger partial charge on any atom is -0.467 e. The van der Waals surface area contributed by atoms with Crippen molar-refractivity contribution >= 4 is 11.9 Å².